The normalized spacial score (nSPS) is 11.1. The van der Waals surface area contributed by atoms with Gasteiger partial charge in [-0.05, 0) is 36.2 Å². The highest BCUT2D eigenvalue weighted by Gasteiger charge is 2.05. The molecule has 0 unspecified atom stereocenters. The third-order valence-corrected chi connectivity index (χ3v) is 3.61. The zero-order chi connectivity index (χ0) is 14.5. The van der Waals surface area contributed by atoms with Gasteiger partial charge in [0, 0.05) is 18.4 Å². The maximum absolute atomic E-state index is 5.99. The average molecular weight is 279 g/mol. The summed E-state index contributed by atoms with van der Waals surface area (Å²) in [4.78, 5) is 0. The van der Waals surface area contributed by atoms with Crippen molar-refractivity contribution in [3.05, 3.63) is 71.5 Å². The van der Waals surface area contributed by atoms with Crippen LogP contribution in [0.15, 0.2) is 59.0 Å². The van der Waals surface area contributed by atoms with Gasteiger partial charge >= 0.3 is 0 Å². The molecule has 0 aliphatic heterocycles. The van der Waals surface area contributed by atoms with Gasteiger partial charge in [-0.3, -0.25) is 0 Å². The van der Waals surface area contributed by atoms with E-state index in [1.807, 2.05) is 6.07 Å². The summed E-state index contributed by atoms with van der Waals surface area (Å²) in [5.74, 6) is 1.02. The molecule has 1 heterocycles. The van der Waals surface area contributed by atoms with Crippen LogP contribution in [0.3, 0.4) is 0 Å². The number of nitrogens with one attached hydrogen (secondary N) is 1. The smallest absolute Gasteiger partial charge is 0.134 e. The van der Waals surface area contributed by atoms with Gasteiger partial charge in [0.05, 0.1) is 0 Å². The predicted octanol–water partition coefficient (Wildman–Crippen LogP) is 4.52. The molecule has 0 bridgehead atoms. The van der Waals surface area contributed by atoms with Crippen molar-refractivity contribution < 1.29 is 4.42 Å². The molecule has 1 aromatic heterocycles. The minimum atomic E-state index is 0.846. The van der Waals surface area contributed by atoms with Gasteiger partial charge in [0.25, 0.3) is 0 Å². The number of fused-ring (bicyclic) bond motifs is 1. The first-order chi connectivity index (χ1) is 10.3. The topological polar surface area (TPSA) is 25.2 Å². The molecule has 3 rings (SSSR count). The zero-order valence-electron chi connectivity index (χ0n) is 12.4. The third-order valence-electron chi connectivity index (χ3n) is 3.61. The fourth-order valence-electron chi connectivity index (χ4n) is 2.53. The van der Waals surface area contributed by atoms with Crippen molar-refractivity contribution in [2.75, 3.05) is 6.54 Å². The Balaban J connectivity index is 1.76. The molecule has 108 valence electrons. The van der Waals surface area contributed by atoms with E-state index in [1.54, 1.807) is 0 Å². The van der Waals surface area contributed by atoms with E-state index in [4.69, 9.17) is 4.42 Å². The zero-order valence-corrected chi connectivity index (χ0v) is 12.4. The van der Waals surface area contributed by atoms with E-state index >= 15 is 0 Å². The van der Waals surface area contributed by atoms with Crippen LogP contribution in [0.1, 0.15) is 30.2 Å². The maximum atomic E-state index is 5.99. The van der Waals surface area contributed by atoms with Gasteiger partial charge in [-0.25, -0.2) is 0 Å². The van der Waals surface area contributed by atoms with Gasteiger partial charge in [0.15, 0.2) is 0 Å². The van der Waals surface area contributed by atoms with Crippen LogP contribution in [0, 0.1) is 0 Å². The molecule has 0 saturated heterocycles. The third kappa shape index (κ3) is 3.53. The lowest BCUT2D eigenvalue weighted by Gasteiger charge is -2.02. The molecule has 0 spiro atoms. The fourth-order valence-corrected chi connectivity index (χ4v) is 2.53. The molecule has 0 aliphatic carbocycles. The van der Waals surface area contributed by atoms with Crippen molar-refractivity contribution in [3.8, 4) is 0 Å². The summed E-state index contributed by atoms with van der Waals surface area (Å²) in [6.07, 6.45) is 2.00. The maximum Gasteiger partial charge on any atom is 0.134 e. The van der Waals surface area contributed by atoms with E-state index in [0.29, 0.717) is 0 Å². The fraction of sp³-hybridized carbons (Fsp3) is 0.263. The molecule has 0 saturated carbocycles. The molecule has 21 heavy (non-hydrogen) atoms. The number of hydrogen-bond donors (Lipinski definition) is 1. The first kappa shape index (κ1) is 13.9. The predicted molar refractivity (Wildman–Crippen MR) is 87.5 cm³/mol. The van der Waals surface area contributed by atoms with E-state index in [0.717, 1.165) is 37.3 Å². The molecule has 2 aromatic carbocycles. The van der Waals surface area contributed by atoms with Gasteiger partial charge in [0.1, 0.15) is 11.3 Å². The second-order valence-corrected chi connectivity index (χ2v) is 5.42. The van der Waals surface area contributed by atoms with Gasteiger partial charge in [-0.1, -0.05) is 49.4 Å². The summed E-state index contributed by atoms with van der Waals surface area (Å²) in [6, 6.07) is 19.0. The molecular weight excluding hydrogens is 258 g/mol. The minimum Gasteiger partial charge on any atom is -0.461 e. The highest BCUT2D eigenvalue weighted by molar-refractivity contribution is 5.78. The number of furan rings is 1. The standard InChI is InChI=1S/C19H21NO/c1-2-10-20-14-16-8-9-17-13-18(21-19(17)12-16)11-15-6-4-3-5-7-15/h3-9,12-13,20H,2,10-11,14H2,1H3. The highest BCUT2D eigenvalue weighted by Crippen LogP contribution is 2.22. The van der Waals surface area contributed by atoms with Crippen LogP contribution in [0.25, 0.3) is 11.0 Å². The van der Waals surface area contributed by atoms with E-state index < -0.39 is 0 Å². The Hall–Kier alpha value is -2.06. The Morgan fingerprint density at radius 3 is 2.62 bits per heavy atom. The summed E-state index contributed by atoms with van der Waals surface area (Å²) in [5, 5.41) is 4.60. The van der Waals surface area contributed by atoms with Crippen molar-refractivity contribution in [3.63, 3.8) is 0 Å². The SMILES string of the molecule is CCCNCc1ccc2cc(Cc3ccccc3)oc2c1. The molecular formula is C19H21NO. The largest absolute Gasteiger partial charge is 0.461 e. The van der Waals surface area contributed by atoms with Crippen LogP contribution in [0.5, 0.6) is 0 Å². The van der Waals surface area contributed by atoms with Gasteiger partial charge in [-0.2, -0.15) is 0 Å². The van der Waals surface area contributed by atoms with Crippen molar-refractivity contribution >= 4 is 11.0 Å². The van der Waals surface area contributed by atoms with E-state index in [9.17, 15) is 0 Å². The molecule has 1 N–H and O–H groups in total. The second kappa shape index (κ2) is 6.59. The van der Waals surface area contributed by atoms with Gasteiger partial charge in [-0.15, -0.1) is 0 Å². The first-order valence-electron chi connectivity index (χ1n) is 7.61. The van der Waals surface area contributed by atoms with Gasteiger partial charge in [0.2, 0.25) is 0 Å². The van der Waals surface area contributed by atoms with Crippen molar-refractivity contribution in [2.24, 2.45) is 0 Å². The minimum absolute atomic E-state index is 0.846. The summed E-state index contributed by atoms with van der Waals surface area (Å²) in [5.41, 5.74) is 3.54. The molecule has 0 amide bonds. The Morgan fingerprint density at radius 1 is 0.952 bits per heavy atom. The molecule has 2 nitrogen and oxygen atoms in total. The number of rotatable bonds is 6. The molecule has 0 radical (unpaired) electrons. The molecule has 0 atom stereocenters. The molecule has 3 aromatic rings. The molecule has 0 fully saturated rings. The Bertz CT molecular complexity index is 700. The number of benzene rings is 2. The monoisotopic (exact) mass is 279 g/mol. The quantitative estimate of drug-likeness (QED) is 0.671. The summed E-state index contributed by atoms with van der Waals surface area (Å²) < 4.78 is 5.99. The van der Waals surface area contributed by atoms with Crippen LogP contribution in [-0.2, 0) is 13.0 Å². The van der Waals surface area contributed by atoms with Crippen molar-refractivity contribution in [1.82, 2.24) is 5.32 Å². The van der Waals surface area contributed by atoms with E-state index in [-0.39, 0.29) is 0 Å². The van der Waals surface area contributed by atoms with Crippen molar-refractivity contribution in [2.45, 2.75) is 26.3 Å². The second-order valence-electron chi connectivity index (χ2n) is 5.42. The lowest BCUT2D eigenvalue weighted by Crippen LogP contribution is -2.13. The Labute approximate surface area is 125 Å². The van der Waals surface area contributed by atoms with Crippen LogP contribution < -0.4 is 5.32 Å². The molecule has 0 aliphatic rings. The Morgan fingerprint density at radius 2 is 1.81 bits per heavy atom. The van der Waals surface area contributed by atoms with Gasteiger partial charge < -0.3 is 9.73 Å². The summed E-state index contributed by atoms with van der Waals surface area (Å²) in [7, 11) is 0. The van der Waals surface area contributed by atoms with Crippen LogP contribution in [-0.4, -0.2) is 6.54 Å². The van der Waals surface area contributed by atoms with Crippen LogP contribution >= 0.6 is 0 Å². The van der Waals surface area contributed by atoms with Crippen LogP contribution in [0.4, 0.5) is 0 Å². The number of hydrogen-bond acceptors (Lipinski definition) is 2. The summed E-state index contributed by atoms with van der Waals surface area (Å²) in [6.45, 7) is 4.13. The van der Waals surface area contributed by atoms with E-state index in [1.165, 1.54) is 16.5 Å². The van der Waals surface area contributed by atoms with Crippen LogP contribution in [0.2, 0.25) is 0 Å². The first-order valence-corrected chi connectivity index (χ1v) is 7.61. The lowest BCUT2D eigenvalue weighted by atomic mass is 10.1. The van der Waals surface area contributed by atoms with E-state index in [2.05, 4.69) is 60.8 Å². The highest BCUT2D eigenvalue weighted by atomic mass is 16.3. The Kier molecular flexibility index (Phi) is 4.37. The van der Waals surface area contributed by atoms with Crippen molar-refractivity contribution in [1.29, 1.82) is 0 Å². The summed E-state index contributed by atoms with van der Waals surface area (Å²) >= 11 is 0. The average Bonchev–Trinajstić information content (AvgIpc) is 2.90. The lowest BCUT2D eigenvalue weighted by molar-refractivity contribution is 0.562. The molecule has 2 heteroatoms.